The molecule has 4 rings (SSSR count). The van der Waals surface area contributed by atoms with E-state index < -0.39 is 0 Å². The maximum atomic E-state index is 14.4. The fourth-order valence-electron chi connectivity index (χ4n) is 13.8. The molecule has 0 spiro atoms. The number of fused-ring (bicyclic) bond motifs is 6. The zero-order valence-electron chi connectivity index (χ0n) is 62.7. The van der Waals surface area contributed by atoms with E-state index >= 15 is 0 Å². The smallest absolute Gasteiger partial charge is 0.323 e. The number of hydrogen-bond acceptors (Lipinski definition) is 10. The molecular weight excluding hydrogens is 1200 g/mol. The summed E-state index contributed by atoms with van der Waals surface area (Å²) in [6.45, 7) is 15.6. The summed E-state index contributed by atoms with van der Waals surface area (Å²) in [5, 5.41) is 31.2. The molecule has 0 aliphatic carbocycles. The van der Waals surface area contributed by atoms with Crippen molar-refractivity contribution in [2.24, 2.45) is 0 Å². The van der Waals surface area contributed by atoms with Crippen LogP contribution in [0.3, 0.4) is 0 Å². The van der Waals surface area contributed by atoms with Crippen molar-refractivity contribution >= 4 is 43.7 Å². The maximum absolute atomic E-state index is 14.4. The van der Waals surface area contributed by atoms with Gasteiger partial charge in [-0.1, -0.05) is 350 Å². The number of hydrogen-bond donors (Lipinski definition) is 0. The molecule has 0 heterocycles. The summed E-state index contributed by atoms with van der Waals surface area (Å²) in [5.74, 6) is 1.70. The molecule has 0 aliphatic rings. The van der Waals surface area contributed by atoms with E-state index in [-0.39, 0.29) is 62.5 Å². The predicted octanol–water partition coefficient (Wildman–Crippen LogP) is 28.4. The summed E-state index contributed by atoms with van der Waals surface area (Å²) < 4.78 is 40.7. The van der Waals surface area contributed by atoms with Crippen LogP contribution in [0.1, 0.15) is 388 Å². The highest BCUT2D eigenvalue weighted by Gasteiger charge is 2.35. The van der Waals surface area contributed by atoms with Crippen LogP contribution in [0.25, 0.3) is 32.3 Å². The maximum Gasteiger partial charge on any atom is 0.323 e. The van der Waals surface area contributed by atoms with E-state index in [9.17, 15) is 20.2 Å². The molecule has 548 valence electrons. The monoisotopic (exact) mass is 1340 g/mol. The Bertz CT molecular complexity index is 2530. The molecule has 4 aromatic carbocycles. The number of benzene rings is 4. The molecule has 0 aromatic heterocycles. The Kier molecular flexibility index (Phi) is 48.9. The van der Waals surface area contributed by atoms with Crippen molar-refractivity contribution in [1.29, 1.82) is 0 Å². The SMILES string of the molecule is CCCCCCCCCCCOc1cc2c(cc1OCCCCCCCCCCC)c1c([N+](=O)[O-])c(OCCCCCCCCCCC)c(OCCCCCCCCCCC)cc1c1c([N+](=O)[O-])c(OCCCCCCCCCCC)c(OCCCCCCCCCCC)cc21. The summed E-state index contributed by atoms with van der Waals surface area (Å²) in [6.07, 6.45) is 61.9. The van der Waals surface area contributed by atoms with Crippen LogP contribution in [0.4, 0.5) is 11.4 Å². The molecule has 4 aromatic rings. The second kappa shape index (κ2) is 56.1. The lowest BCUT2D eigenvalue weighted by Gasteiger charge is -2.21. The van der Waals surface area contributed by atoms with Crippen molar-refractivity contribution in [3.05, 3.63) is 44.5 Å². The Morgan fingerprint density at radius 1 is 0.229 bits per heavy atom. The lowest BCUT2D eigenvalue weighted by molar-refractivity contribution is -0.384. The van der Waals surface area contributed by atoms with Gasteiger partial charge in [0.15, 0.2) is 23.0 Å². The van der Waals surface area contributed by atoms with Crippen molar-refractivity contribution < 1.29 is 38.3 Å². The molecule has 0 unspecified atom stereocenters. The van der Waals surface area contributed by atoms with Crippen LogP contribution in [0, 0.1) is 20.2 Å². The van der Waals surface area contributed by atoms with Crippen LogP contribution in [-0.4, -0.2) is 49.5 Å². The van der Waals surface area contributed by atoms with Gasteiger partial charge >= 0.3 is 11.4 Å². The highest BCUT2D eigenvalue weighted by Crippen LogP contribution is 2.55. The van der Waals surface area contributed by atoms with Crippen LogP contribution in [0.2, 0.25) is 0 Å². The predicted molar refractivity (Wildman–Crippen MR) is 409 cm³/mol. The van der Waals surface area contributed by atoms with Gasteiger partial charge in [-0.2, -0.15) is 0 Å². The number of nitrogens with zero attached hydrogens (tertiary/aromatic N) is 2. The molecule has 0 radical (unpaired) electrons. The zero-order chi connectivity index (χ0) is 68.7. The first-order valence-corrected chi connectivity index (χ1v) is 40.9. The Morgan fingerprint density at radius 2 is 0.406 bits per heavy atom. The standard InChI is InChI=1S/C84H142N2O10/c1-7-13-19-25-31-37-43-49-55-61-91-75-67-71-72(68-76(75)92-62-56-50-44-38-32-26-20-14-8-2)79-74(70-78(94-64-58-52-46-40-34-28-22-16-10-4)84(81(79)85(87)88)96-66-60-54-48-42-36-30-24-18-12-6)80-73(71)69-77(93-63-57-51-45-39-33-27-21-15-9-3)83(82(80)86(89)90)95-65-59-53-47-41-35-29-23-17-11-5/h67-70H,7-66H2,1-6H3. The van der Waals surface area contributed by atoms with E-state index in [4.69, 9.17) is 28.4 Å². The van der Waals surface area contributed by atoms with Crippen molar-refractivity contribution in [1.82, 2.24) is 0 Å². The molecule has 0 aliphatic heterocycles. The molecule has 0 fully saturated rings. The van der Waals surface area contributed by atoms with E-state index in [0.29, 0.717) is 65.2 Å². The summed E-state index contributed by atoms with van der Waals surface area (Å²) in [5.41, 5.74) is -0.523. The van der Waals surface area contributed by atoms with E-state index in [1.807, 2.05) is 18.2 Å². The second-order valence-corrected chi connectivity index (χ2v) is 28.4. The molecule has 96 heavy (non-hydrogen) atoms. The van der Waals surface area contributed by atoms with Crippen molar-refractivity contribution in [2.75, 3.05) is 39.6 Å². The van der Waals surface area contributed by atoms with Gasteiger partial charge in [-0.15, -0.1) is 0 Å². The molecule has 0 atom stereocenters. The van der Waals surface area contributed by atoms with Gasteiger partial charge in [0.05, 0.1) is 60.3 Å². The number of unbranched alkanes of at least 4 members (excludes halogenated alkanes) is 48. The van der Waals surface area contributed by atoms with Gasteiger partial charge in [0.2, 0.25) is 11.5 Å². The van der Waals surface area contributed by atoms with E-state index in [1.165, 1.54) is 212 Å². The molecular formula is C84H142N2O10. The van der Waals surface area contributed by atoms with Gasteiger partial charge in [0.25, 0.3) is 0 Å². The van der Waals surface area contributed by atoms with Crippen molar-refractivity contribution in [3.63, 3.8) is 0 Å². The minimum atomic E-state index is -0.350. The third-order valence-corrected chi connectivity index (χ3v) is 19.7. The number of rotatable bonds is 68. The first-order chi connectivity index (χ1) is 47.3. The van der Waals surface area contributed by atoms with Crippen LogP contribution >= 0.6 is 0 Å². The fourth-order valence-corrected chi connectivity index (χ4v) is 13.8. The highest BCUT2D eigenvalue weighted by atomic mass is 16.6. The summed E-state index contributed by atoms with van der Waals surface area (Å²) in [4.78, 5) is 28.1. The minimum absolute atomic E-state index is 0.0666. The van der Waals surface area contributed by atoms with Gasteiger partial charge < -0.3 is 28.4 Å². The lowest BCUT2D eigenvalue weighted by Crippen LogP contribution is -2.08. The molecule has 0 N–H and O–H groups in total. The third-order valence-electron chi connectivity index (χ3n) is 19.7. The summed E-state index contributed by atoms with van der Waals surface area (Å²) in [7, 11) is 0. The molecule has 0 saturated heterocycles. The van der Waals surface area contributed by atoms with Crippen LogP contribution in [0.5, 0.6) is 34.5 Å². The molecule has 12 heteroatoms. The first-order valence-electron chi connectivity index (χ1n) is 40.9. The van der Waals surface area contributed by atoms with Gasteiger partial charge in [0, 0.05) is 16.2 Å². The first kappa shape index (κ1) is 83.7. The zero-order valence-corrected chi connectivity index (χ0v) is 62.7. The average molecular weight is 1340 g/mol. The topological polar surface area (TPSA) is 142 Å². The lowest BCUT2D eigenvalue weighted by atomic mass is 9.91. The average Bonchev–Trinajstić information content (AvgIpc) is 0.708. The number of nitro groups is 2. The Labute approximate surface area is 586 Å². The van der Waals surface area contributed by atoms with Crippen molar-refractivity contribution in [3.8, 4) is 34.5 Å². The Balaban J connectivity index is 1.98. The largest absolute Gasteiger partial charge is 0.490 e. The second-order valence-electron chi connectivity index (χ2n) is 28.4. The Hall–Kier alpha value is -4.74. The van der Waals surface area contributed by atoms with Crippen LogP contribution in [-0.2, 0) is 0 Å². The van der Waals surface area contributed by atoms with Gasteiger partial charge in [-0.3, -0.25) is 20.2 Å². The van der Waals surface area contributed by atoms with Crippen LogP contribution < -0.4 is 28.4 Å². The van der Waals surface area contributed by atoms with Crippen molar-refractivity contribution in [2.45, 2.75) is 388 Å². The Morgan fingerprint density at radius 3 is 0.635 bits per heavy atom. The van der Waals surface area contributed by atoms with Gasteiger partial charge in [-0.25, -0.2) is 0 Å². The fraction of sp³-hybridized carbons (Fsp3) is 0.786. The summed E-state index contributed by atoms with van der Waals surface area (Å²) in [6, 6.07) is 7.58. The van der Waals surface area contributed by atoms with E-state index in [2.05, 4.69) is 41.5 Å². The third kappa shape index (κ3) is 33.9. The van der Waals surface area contributed by atoms with E-state index in [0.717, 1.165) is 135 Å². The number of nitro benzene ring substituents is 2. The van der Waals surface area contributed by atoms with Crippen LogP contribution in [0.15, 0.2) is 24.3 Å². The molecule has 0 bridgehead atoms. The van der Waals surface area contributed by atoms with E-state index in [1.54, 1.807) is 6.07 Å². The van der Waals surface area contributed by atoms with Gasteiger partial charge in [0.1, 0.15) is 0 Å². The molecule has 0 saturated carbocycles. The molecule has 0 amide bonds. The highest BCUT2D eigenvalue weighted by molar-refractivity contribution is 6.31. The van der Waals surface area contributed by atoms with Gasteiger partial charge in [-0.05, 0) is 68.2 Å². The molecule has 12 nitrogen and oxygen atoms in total. The minimum Gasteiger partial charge on any atom is -0.490 e. The quantitative estimate of drug-likeness (QED) is 0.0181. The normalized spacial score (nSPS) is 11.6. The summed E-state index contributed by atoms with van der Waals surface area (Å²) >= 11 is 0. The number of ether oxygens (including phenoxy) is 6.